The fraction of sp³-hybridized carbons (Fsp3) is 0.333. The van der Waals surface area contributed by atoms with Gasteiger partial charge < -0.3 is 4.52 Å². The summed E-state index contributed by atoms with van der Waals surface area (Å²) in [6.07, 6.45) is 2.74. The SMILES string of the molecule is CCc1ccnc2onc(C)c12. The summed E-state index contributed by atoms with van der Waals surface area (Å²) in [6, 6.07) is 2.01. The molecular formula is C9H10N2O. The lowest BCUT2D eigenvalue weighted by Gasteiger charge is -1.95. The predicted octanol–water partition coefficient (Wildman–Crippen LogP) is 2.09. The number of pyridine rings is 1. The highest BCUT2D eigenvalue weighted by atomic mass is 16.5. The lowest BCUT2D eigenvalue weighted by Crippen LogP contribution is -1.84. The van der Waals surface area contributed by atoms with E-state index in [9.17, 15) is 0 Å². The molecule has 0 spiro atoms. The van der Waals surface area contributed by atoms with Crippen molar-refractivity contribution in [3.63, 3.8) is 0 Å². The molecule has 0 amide bonds. The molecule has 0 atom stereocenters. The lowest BCUT2D eigenvalue weighted by molar-refractivity contribution is 0.443. The molecule has 0 aromatic carbocycles. The standard InChI is InChI=1S/C9H10N2O/c1-3-7-4-5-10-9-8(7)6(2)11-12-9/h4-5H,3H2,1-2H3. The number of nitrogens with zero attached hydrogens (tertiary/aromatic N) is 2. The number of hydrogen-bond acceptors (Lipinski definition) is 3. The molecule has 0 bridgehead atoms. The van der Waals surface area contributed by atoms with Gasteiger partial charge in [-0.05, 0) is 25.0 Å². The van der Waals surface area contributed by atoms with E-state index in [4.69, 9.17) is 4.52 Å². The number of rotatable bonds is 1. The molecule has 2 aromatic rings. The lowest BCUT2D eigenvalue weighted by atomic mass is 10.1. The van der Waals surface area contributed by atoms with Crippen molar-refractivity contribution in [2.75, 3.05) is 0 Å². The largest absolute Gasteiger partial charge is 0.336 e. The van der Waals surface area contributed by atoms with Crippen molar-refractivity contribution in [2.45, 2.75) is 20.3 Å². The summed E-state index contributed by atoms with van der Waals surface area (Å²) in [5, 5.41) is 4.94. The first-order chi connectivity index (χ1) is 5.83. The molecule has 0 saturated heterocycles. The van der Waals surface area contributed by atoms with Crippen LogP contribution in [0, 0.1) is 6.92 Å². The van der Waals surface area contributed by atoms with Crippen LogP contribution in [0.25, 0.3) is 11.1 Å². The van der Waals surface area contributed by atoms with E-state index in [0.29, 0.717) is 5.71 Å². The monoisotopic (exact) mass is 162 g/mol. The van der Waals surface area contributed by atoms with E-state index in [1.54, 1.807) is 6.20 Å². The predicted molar refractivity (Wildman–Crippen MR) is 45.9 cm³/mol. The average molecular weight is 162 g/mol. The molecule has 0 aliphatic rings. The number of aromatic nitrogens is 2. The van der Waals surface area contributed by atoms with E-state index in [0.717, 1.165) is 17.5 Å². The Hall–Kier alpha value is -1.38. The van der Waals surface area contributed by atoms with E-state index in [2.05, 4.69) is 17.1 Å². The zero-order valence-corrected chi connectivity index (χ0v) is 7.16. The maximum atomic E-state index is 5.03. The van der Waals surface area contributed by atoms with E-state index < -0.39 is 0 Å². The number of hydrogen-bond donors (Lipinski definition) is 0. The van der Waals surface area contributed by atoms with E-state index >= 15 is 0 Å². The first-order valence-electron chi connectivity index (χ1n) is 4.02. The first kappa shape index (κ1) is 7.28. The molecule has 0 radical (unpaired) electrons. The third-order valence-electron chi connectivity index (χ3n) is 2.01. The Morgan fingerprint density at radius 2 is 2.33 bits per heavy atom. The molecule has 3 heteroatoms. The van der Waals surface area contributed by atoms with Crippen LogP contribution in [-0.2, 0) is 6.42 Å². The second-order valence-corrected chi connectivity index (χ2v) is 2.77. The van der Waals surface area contributed by atoms with Crippen LogP contribution in [0.5, 0.6) is 0 Å². The van der Waals surface area contributed by atoms with Crippen molar-refractivity contribution in [1.82, 2.24) is 10.1 Å². The van der Waals surface area contributed by atoms with Gasteiger partial charge in [-0.3, -0.25) is 0 Å². The maximum absolute atomic E-state index is 5.03. The molecular weight excluding hydrogens is 152 g/mol. The van der Waals surface area contributed by atoms with E-state index in [1.165, 1.54) is 5.56 Å². The third kappa shape index (κ3) is 0.897. The van der Waals surface area contributed by atoms with Gasteiger partial charge in [-0.2, -0.15) is 0 Å². The molecule has 12 heavy (non-hydrogen) atoms. The van der Waals surface area contributed by atoms with Crippen LogP contribution in [0.3, 0.4) is 0 Å². The Bertz CT molecular complexity index is 406. The van der Waals surface area contributed by atoms with Gasteiger partial charge in [-0.1, -0.05) is 12.1 Å². The van der Waals surface area contributed by atoms with Crippen LogP contribution in [0.2, 0.25) is 0 Å². The fourth-order valence-corrected chi connectivity index (χ4v) is 1.39. The Kier molecular flexibility index (Phi) is 1.57. The smallest absolute Gasteiger partial charge is 0.258 e. The van der Waals surface area contributed by atoms with E-state index in [1.807, 2.05) is 13.0 Å². The fourth-order valence-electron chi connectivity index (χ4n) is 1.39. The molecule has 3 nitrogen and oxygen atoms in total. The second kappa shape index (κ2) is 2.59. The third-order valence-corrected chi connectivity index (χ3v) is 2.01. The van der Waals surface area contributed by atoms with Gasteiger partial charge in [0.15, 0.2) is 0 Å². The maximum Gasteiger partial charge on any atom is 0.258 e. The van der Waals surface area contributed by atoms with Gasteiger partial charge in [-0.15, -0.1) is 0 Å². The highest BCUT2D eigenvalue weighted by Gasteiger charge is 2.07. The second-order valence-electron chi connectivity index (χ2n) is 2.77. The molecule has 0 saturated carbocycles. The molecule has 2 aromatic heterocycles. The zero-order valence-electron chi connectivity index (χ0n) is 7.16. The van der Waals surface area contributed by atoms with Gasteiger partial charge in [0.05, 0.1) is 11.1 Å². The number of fused-ring (bicyclic) bond motifs is 1. The average Bonchev–Trinajstić information content (AvgIpc) is 2.48. The van der Waals surface area contributed by atoms with Gasteiger partial charge >= 0.3 is 0 Å². The Balaban J connectivity index is 2.84. The van der Waals surface area contributed by atoms with Gasteiger partial charge in [0, 0.05) is 6.20 Å². The number of aryl methyl sites for hydroxylation is 2. The molecule has 0 unspecified atom stereocenters. The summed E-state index contributed by atoms with van der Waals surface area (Å²) in [4.78, 5) is 4.08. The van der Waals surface area contributed by atoms with Crippen LogP contribution in [0.1, 0.15) is 18.2 Å². The van der Waals surface area contributed by atoms with Crippen molar-refractivity contribution in [2.24, 2.45) is 0 Å². The molecule has 0 aliphatic heterocycles. The Labute approximate surface area is 70.4 Å². The van der Waals surface area contributed by atoms with Crippen LogP contribution < -0.4 is 0 Å². The van der Waals surface area contributed by atoms with Gasteiger partial charge in [0.2, 0.25) is 0 Å². The van der Waals surface area contributed by atoms with Gasteiger partial charge in [0.1, 0.15) is 0 Å². The zero-order chi connectivity index (χ0) is 8.55. The Morgan fingerprint density at radius 3 is 3.08 bits per heavy atom. The van der Waals surface area contributed by atoms with Crippen molar-refractivity contribution >= 4 is 11.1 Å². The molecule has 0 aliphatic carbocycles. The summed E-state index contributed by atoms with van der Waals surface area (Å²) in [5.74, 6) is 0. The van der Waals surface area contributed by atoms with E-state index in [-0.39, 0.29) is 0 Å². The van der Waals surface area contributed by atoms with Crippen molar-refractivity contribution in [3.05, 3.63) is 23.5 Å². The highest BCUT2D eigenvalue weighted by molar-refractivity contribution is 5.79. The quantitative estimate of drug-likeness (QED) is 0.644. The van der Waals surface area contributed by atoms with Crippen LogP contribution >= 0.6 is 0 Å². The molecule has 2 heterocycles. The minimum Gasteiger partial charge on any atom is -0.336 e. The minimum absolute atomic E-state index is 0.645. The molecule has 0 N–H and O–H groups in total. The van der Waals surface area contributed by atoms with Crippen LogP contribution in [0.4, 0.5) is 0 Å². The summed E-state index contributed by atoms with van der Waals surface area (Å²) in [5.41, 5.74) is 2.82. The molecule has 2 rings (SSSR count). The summed E-state index contributed by atoms with van der Waals surface area (Å²) in [7, 11) is 0. The van der Waals surface area contributed by atoms with Crippen LogP contribution in [0.15, 0.2) is 16.8 Å². The van der Waals surface area contributed by atoms with Crippen molar-refractivity contribution < 1.29 is 4.52 Å². The van der Waals surface area contributed by atoms with Crippen molar-refractivity contribution in [1.29, 1.82) is 0 Å². The van der Waals surface area contributed by atoms with Crippen molar-refractivity contribution in [3.8, 4) is 0 Å². The summed E-state index contributed by atoms with van der Waals surface area (Å²) in [6.45, 7) is 4.05. The molecule has 62 valence electrons. The van der Waals surface area contributed by atoms with Gasteiger partial charge in [-0.25, -0.2) is 4.98 Å². The summed E-state index contributed by atoms with van der Waals surface area (Å²) < 4.78 is 5.03. The normalized spacial score (nSPS) is 10.8. The molecule has 0 fully saturated rings. The summed E-state index contributed by atoms with van der Waals surface area (Å²) >= 11 is 0. The van der Waals surface area contributed by atoms with Gasteiger partial charge in [0.25, 0.3) is 5.71 Å². The van der Waals surface area contributed by atoms with Crippen LogP contribution in [-0.4, -0.2) is 10.1 Å². The highest BCUT2D eigenvalue weighted by Crippen LogP contribution is 2.19. The Morgan fingerprint density at radius 1 is 1.50 bits per heavy atom. The minimum atomic E-state index is 0.645. The topological polar surface area (TPSA) is 38.9 Å². The first-order valence-corrected chi connectivity index (χ1v) is 4.02.